The monoisotopic (exact) mass is 555 g/mol. The number of nitrogens with zero attached hydrogens (tertiary/aromatic N) is 1. The first kappa shape index (κ1) is 30.6. The van der Waals surface area contributed by atoms with Crippen LogP contribution in [0.1, 0.15) is 38.1 Å². The van der Waals surface area contributed by atoms with Crippen LogP contribution >= 0.6 is 0 Å². The zero-order chi connectivity index (χ0) is 28.5. The Morgan fingerprint density at radius 1 is 1.00 bits per heavy atom. The first-order valence-corrected chi connectivity index (χ1v) is 13.2. The summed E-state index contributed by atoms with van der Waals surface area (Å²) in [5, 5.41) is 4.98. The maximum Gasteiger partial charge on any atom is 0.387 e. The number of alkyl halides is 2. The van der Waals surface area contributed by atoms with Gasteiger partial charge in [0.2, 0.25) is 10.0 Å². The normalized spacial score (nSPS) is 12.3. The summed E-state index contributed by atoms with van der Waals surface area (Å²) in [6.07, 6.45) is 0. The number of halogens is 2. The number of benzene rings is 2. The van der Waals surface area contributed by atoms with Gasteiger partial charge in [-0.25, -0.2) is 13.2 Å². The third kappa shape index (κ3) is 8.48. The molecule has 0 fully saturated rings. The smallest absolute Gasteiger partial charge is 0.387 e. The Morgan fingerprint density at radius 2 is 1.63 bits per heavy atom. The molecule has 0 aliphatic rings. The highest BCUT2D eigenvalue weighted by Crippen LogP contribution is 2.19. The van der Waals surface area contributed by atoms with Crippen molar-refractivity contribution in [2.45, 2.75) is 45.2 Å². The van der Waals surface area contributed by atoms with E-state index in [1.165, 1.54) is 52.8 Å². The quantitative estimate of drug-likeness (QED) is 0.363. The molecule has 10 nitrogen and oxygen atoms in total. The molecule has 1 atom stereocenters. The van der Waals surface area contributed by atoms with Crippen LogP contribution in [0.2, 0.25) is 0 Å². The van der Waals surface area contributed by atoms with Crippen LogP contribution in [0.3, 0.4) is 0 Å². The highest BCUT2D eigenvalue weighted by molar-refractivity contribution is 7.89. The molecule has 0 aliphatic heterocycles. The maximum atomic E-state index is 12.9. The number of anilines is 1. The molecular weight excluding hydrogens is 524 g/mol. The molecule has 38 heavy (non-hydrogen) atoms. The van der Waals surface area contributed by atoms with Gasteiger partial charge in [0.25, 0.3) is 11.8 Å². The molecule has 208 valence electrons. The Kier molecular flexibility index (Phi) is 11.1. The van der Waals surface area contributed by atoms with Crippen LogP contribution in [0.15, 0.2) is 53.4 Å². The molecule has 2 rings (SSSR count). The van der Waals surface area contributed by atoms with Gasteiger partial charge < -0.3 is 20.1 Å². The van der Waals surface area contributed by atoms with Crippen molar-refractivity contribution in [2.24, 2.45) is 5.92 Å². The average molecular weight is 556 g/mol. The van der Waals surface area contributed by atoms with Crippen molar-refractivity contribution in [1.82, 2.24) is 9.62 Å². The fourth-order valence-corrected chi connectivity index (χ4v) is 4.88. The Labute approximate surface area is 220 Å². The molecule has 0 radical (unpaired) electrons. The van der Waals surface area contributed by atoms with E-state index in [0.29, 0.717) is 0 Å². The average Bonchev–Trinajstić information content (AvgIpc) is 2.87. The van der Waals surface area contributed by atoms with Crippen molar-refractivity contribution in [2.75, 3.05) is 25.0 Å². The van der Waals surface area contributed by atoms with Gasteiger partial charge >= 0.3 is 12.6 Å². The van der Waals surface area contributed by atoms with Crippen LogP contribution in [0.5, 0.6) is 5.75 Å². The van der Waals surface area contributed by atoms with E-state index in [2.05, 4.69) is 15.4 Å². The number of amides is 2. The fourth-order valence-electron chi connectivity index (χ4n) is 3.38. The second-order valence-corrected chi connectivity index (χ2v) is 10.3. The van der Waals surface area contributed by atoms with Gasteiger partial charge in [0.15, 0.2) is 6.61 Å². The number of carbonyl (C=O) groups is 3. The standard InChI is InChI=1S/C25H31F2N3O7S/c1-5-30(6-2)38(34,35)20-9-7-8-17(14-20)23(32)29-22(16(3)4)24(33)36-15-21(31)28-18-10-12-19(13-11-18)37-25(26)27/h7-14,16,22,25H,5-6,15H2,1-4H3,(H,28,31)(H,29,32). The van der Waals surface area contributed by atoms with Gasteiger partial charge in [-0.15, -0.1) is 0 Å². The topological polar surface area (TPSA) is 131 Å². The summed E-state index contributed by atoms with van der Waals surface area (Å²) in [6, 6.07) is 9.50. The number of sulfonamides is 1. The summed E-state index contributed by atoms with van der Waals surface area (Å²) < 4.78 is 60.6. The second-order valence-electron chi connectivity index (χ2n) is 8.37. The van der Waals surface area contributed by atoms with E-state index in [4.69, 9.17) is 4.74 Å². The van der Waals surface area contributed by atoms with E-state index < -0.39 is 53.0 Å². The van der Waals surface area contributed by atoms with E-state index in [9.17, 15) is 31.6 Å². The number of esters is 1. The van der Waals surface area contributed by atoms with Crippen molar-refractivity contribution < 1.29 is 41.1 Å². The lowest BCUT2D eigenvalue weighted by molar-refractivity contribution is -0.150. The second kappa shape index (κ2) is 13.8. The first-order chi connectivity index (χ1) is 17.9. The van der Waals surface area contributed by atoms with Gasteiger partial charge in [-0.2, -0.15) is 13.1 Å². The number of hydrogen-bond donors (Lipinski definition) is 2. The molecule has 0 saturated heterocycles. The summed E-state index contributed by atoms with van der Waals surface area (Å²) in [6.45, 7) is 3.63. The van der Waals surface area contributed by atoms with Crippen molar-refractivity contribution in [3.8, 4) is 5.75 Å². The van der Waals surface area contributed by atoms with E-state index >= 15 is 0 Å². The predicted molar refractivity (Wildman–Crippen MR) is 135 cm³/mol. The van der Waals surface area contributed by atoms with Crippen molar-refractivity contribution >= 4 is 33.5 Å². The molecule has 13 heteroatoms. The zero-order valence-electron chi connectivity index (χ0n) is 21.4. The summed E-state index contributed by atoms with van der Waals surface area (Å²) in [4.78, 5) is 37.6. The minimum absolute atomic E-state index is 0.0358. The van der Waals surface area contributed by atoms with Gasteiger partial charge in [0, 0.05) is 24.3 Å². The fraction of sp³-hybridized carbons (Fsp3) is 0.400. The molecule has 2 aromatic rings. The Balaban J connectivity index is 2.02. The largest absolute Gasteiger partial charge is 0.454 e. The van der Waals surface area contributed by atoms with Crippen LogP contribution in [-0.4, -0.2) is 62.9 Å². The van der Waals surface area contributed by atoms with Crippen LogP contribution < -0.4 is 15.4 Å². The number of rotatable bonds is 13. The lowest BCUT2D eigenvalue weighted by atomic mass is 10.0. The van der Waals surface area contributed by atoms with Gasteiger partial charge in [0.05, 0.1) is 4.90 Å². The van der Waals surface area contributed by atoms with Crippen LogP contribution in [0.4, 0.5) is 14.5 Å². The van der Waals surface area contributed by atoms with Crippen LogP contribution in [0.25, 0.3) is 0 Å². The van der Waals surface area contributed by atoms with Crippen molar-refractivity contribution in [1.29, 1.82) is 0 Å². The van der Waals surface area contributed by atoms with Crippen molar-refractivity contribution in [3.05, 3.63) is 54.1 Å². The molecule has 2 aromatic carbocycles. The highest BCUT2D eigenvalue weighted by Gasteiger charge is 2.28. The molecular formula is C25H31F2N3O7S. The predicted octanol–water partition coefficient (Wildman–Crippen LogP) is 3.25. The molecule has 0 saturated carbocycles. The third-order valence-electron chi connectivity index (χ3n) is 5.36. The summed E-state index contributed by atoms with van der Waals surface area (Å²) >= 11 is 0. The third-order valence-corrected chi connectivity index (χ3v) is 7.40. The summed E-state index contributed by atoms with van der Waals surface area (Å²) in [7, 11) is -3.79. The van der Waals surface area contributed by atoms with E-state index in [1.807, 2.05) is 0 Å². The zero-order valence-corrected chi connectivity index (χ0v) is 22.3. The summed E-state index contributed by atoms with van der Waals surface area (Å²) in [5.74, 6) is -2.75. The Bertz CT molecular complexity index is 1220. The Morgan fingerprint density at radius 3 is 2.18 bits per heavy atom. The SMILES string of the molecule is CCN(CC)S(=O)(=O)c1cccc(C(=O)NC(C(=O)OCC(=O)Nc2ccc(OC(F)F)cc2)C(C)C)c1. The molecule has 0 bridgehead atoms. The minimum Gasteiger partial charge on any atom is -0.454 e. The van der Waals surface area contributed by atoms with Crippen molar-refractivity contribution in [3.63, 3.8) is 0 Å². The summed E-state index contributed by atoms with van der Waals surface area (Å²) in [5.41, 5.74) is 0.301. The first-order valence-electron chi connectivity index (χ1n) is 11.8. The maximum absolute atomic E-state index is 12.9. The van der Waals surface area contributed by atoms with Gasteiger partial charge in [-0.3, -0.25) is 9.59 Å². The van der Waals surface area contributed by atoms with E-state index in [0.717, 1.165) is 0 Å². The molecule has 0 heterocycles. The van der Waals surface area contributed by atoms with Crippen LogP contribution in [0, 0.1) is 5.92 Å². The molecule has 0 aromatic heterocycles. The number of hydrogen-bond acceptors (Lipinski definition) is 7. The number of carbonyl (C=O) groups excluding carboxylic acids is 3. The van der Waals surface area contributed by atoms with E-state index in [-0.39, 0.29) is 35.0 Å². The lowest BCUT2D eigenvalue weighted by Gasteiger charge is -2.21. The number of ether oxygens (including phenoxy) is 2. The molecule has 0 aliphatic carbocycles. The highest BCUT2D eigenvalue weighted by atomic mass is 32.2. The van der Waals surface area contributed by atoms with Gasteiger partial charge in [-0.1, -0.05) is 33.8 Å². The van der Waals surface area contributed by atoms with Crippen LogP contribution in [-0.2, 0) is 24.3 Å². The van der Waals surface area contributed by atoms with Gasteiger partial charge in [0.1, 0.15) is 11.8 Å². The molecule has 2 amide bonds. The molecule has 1 unspecified atom stereocenters. The Hall–Kier alpha value is -3.58. The van der Waals surface area contributed by atoms with Gasteiger partial charge in [-0.05, 0) is 48.4 Å². The number of nitrogens with one attached hydrogen (secondary N) is 2. The minimum atomic E-state index is -3.79. The molecule has 2 N–H and O–H groups in total. The lowest BCUT2D eigenvalue weighted by Crippen LogP contribution is -2.46. The molecule has 0 spiro atoms. The van der Waals surface area contributed by atoms with E-state index in [1.54, 1.807) is 27.7 Å².